The van der Waals surface area contributed by atoms with Gasteiger partial charge in [-0.2, -0.15) is 0 Å². The van der Waals surface area contributed by atoms with Crippen LogP contribution in [0, 0.1) is 11.8 Å². The minimum atomic E-state index is 0.0685. The highest BCUT2D eigenvalue weighted by Crippen LogP contribution is 2.22. The molecule has 1 fully saturated rings. The number of hydrogen-bond acceptors (Lipinski definition) is 3. The lowest BCUT2D eigenvalue weighted by Crippen LogP contribution is -2.39. The van der Waals surface area contributed by atoms with Crippen LogP contribution in [0.4, 0.5) is 11.4 Å². The normalized spacial score (nSPS) is 23.0. The van der Waals surface area contributed by atoms with E-state index in [1.165, 1.54) is 13.0 Å². The van der Waals surface area contributed by atoms with Crippen LogP contribution in [-0.2, 0) is 4.79 Å². The number of amides is 1. The van der Waals surface area contributed by atoms with Gasteiger partial charge in [0.1, 0.15) is 0 Å². The average Bonchev–Trinajstić information content (AvgIpc) is 2.43. The molecule has 1 aliphatic heterocycles. The molecule has 0 saturated carbocycles. The lowest BCUT2D eigenvalue weighted by molar-refractivity contribution is -0.116. The summed E-state index contributed by atoms with van der Waals surface area (Å²) in [7, 11) is 0. The van der Waals surface area contributed by atoms with Crippen LogP contribution in [0.1, 0.15) is 33.1 Å². The van der Waals surface area contributed by atoms with Crippen molar-refractivity contribution in [3.8, 4) is 0 Å². The number of piperidine rings is 1. The molecule has 21 heavy (non-hydrogen) atoms. The number of anilines is 2. The summed E-state index contributed by atoms with van der Waals surface area (Å²) in [5.74, 6) is 1.66. The van der Waals surface area contributed by atoms with E-state index in [4.69, 9.17) is 5.73 Å². The summed E-state index contributed by atoms with van der Waals surface area (Å²) < 4.78 is 0. The first-order valence-corrected chi connectivity index (χ1v) is 7.92. The van der Waals surface area contributed by atoms with Gasteiger partial charge in [-0.05, 0) is 56.0 Å². The Bertz CT molecular complexity index is 475. The van der Waals surface area contributed by atoms with Crippen LogP contribution < -0.4 is 11.1 Å². The first-order valence-electron chi connectivity index (χ1n) is 7.92. The molecular weight excluding hydrogens is 262 g/mol. The molecule has 4 nitrogen and oxygen atoms in total. The van der Waals surface area contributed by atoms with Crippen LogP contribution in [0.5, 0.6) is 0 Å². The van der Waals surface area contributed by atoms with Crippen LogP contribution in [0.2, 0.25) is 0 Å². The van der Waals surface area contributed by atoms with Crippen molar-refractivity contribution in [2.24, 2.45) is 11.8 Å². The molecule has 2 rings (SSSR count). The van der Waals surface area contributed by atoms with E-state index in [1.54, 1.807) is 6.07 Å². The summed E-state index contributed by atoms with van der Waals surface area (Å²) in [5, 5.41) is 2.90. The molecule has 0 aliphatic carbocycles. The maximum Gasteiger partial charge on any atom is 0.224 e. The molecule has 1 saturated heterocycles. The summed E-state index contributed by atoms with van der Waals surface area (Å²) in [5.41, 5.74) is 7.15. The van der Waals surface area contributed by atoms with Crippen molar-refractivity contribution in [2.75, 3.05) is 30.7 Å². The second kappa shape index (κ2) is 7.46. The Balaban J connectivity index is 1.68. The predicted octanol–water partition coefficient (Wildman–Crippen LogP) is 2.97. The molecule has 1 amide bonds. The van der Waals surface area contributed by atoms with Gasteiger partial charge < -0.3 is 16.0 Å². The van der Waals surface area contributed by atoms with Gasteiger partial charge in [0.05, 0.1) is 0 Å². The van der Waals surface area contributed by atoms with Crippen LogP contribution in [0.25, 0.3) is 0 Å². The van der Waals surface area contributed by atoms with Gasteiger partial charge in [-0.1, -0.05) is 19.9 Å². The quantitative estimate of drug-likeness (QED) is 0.819. The Kier molecular flexibility index (Phi) is 5.62. The van der Waals surface area contributed by atoms with Gasteiger partial charge in [0.2, 0.25) is 5.91 Å². The minimum Gasteiger partial charge on any atom is -0.399 e. The molecule has 4 heteroatoms. The number of nitrogens with zero attached hydrogens (tertiary/aromatic N) is 1. The molecule has 1 aromatic rings. The Morgan fingerprint density at radius 3 is 2.90 bits per heavy atom. The molecule has 0 aromatic heterocycles. The molecule has 116 valence electrons. The lowest BCUT2D eigenvalue weighted by atomic mass is 9.88. The number of benzene rings is 1. The van der Waals surface area contributed by atoms with Crippen molar-refractivity contribution in [3.63, 3.8) is 0 Å². The topological polar surface area (TPSA) is 58.4 Å². The fourth-order valence-electron chi connectivity index (χ4n) is 2.86. The summed E-state index contributed by atoms with van der Waals surface area (Å²) in [4.78, 5) is 14.4. The Morgan fingerprint density at radius 2 is 2.19 bits per heavy atom. The van der Waals surface area contributed by atoms with Gasteiger partial charge in [-0.25, -0.2) is 0 Å². The first kappa shape index (κ1) is 15.8. The summed E-state index contributed by atoms with van der Waals surface area (Å²) in [6, 6.07) is 7.31. The number of nitrogens with two attached hydrogens (primary N) is 1. The van der Waals surface area contributed by atoms with E-state index in [9.17, 15) is 4.79 Å². The third-order valence-electron chi connectivity index (χ3n) is 4.47. The predicted molar refractivity (Wildman–Crippen MR) is 88.1 cm³/mol. The van der Waals surface area contributed by atoms with Gasteiger partial charge in [-0.15, -0.1) is 0 Å². The molecule has 1 heterocycles. The fourth-order valence-corrected chi connectivity index (χ4v) is 2.86. The number of nitrogens with one attached hydrogen (secondary N) is 1. The highest BCUT2D eigenvalue weighted by Gasteiger charge is 2.22. The fraction of sp³-hybridized carbons (Fsp3) is 0.588. The lowest BCUT2D eigenvalue weighted by Gasteiger charge is -2.35. The molecule has 3 N–H and O–H groups in total. The zero-order valence-corrected chi connectivity index (χ0v) is 13.1. The second-order valence-corrected chi connectivity index (χ2v) is 6.32. The van der Waals surface area contributed by atoms with E-state index in [-0.39, 0.29) is 5.91 Å². The monoisotopic (exact) mass is 289 g/mol. The third-order valence-corrected chi connectivity index (χ3v) is 4.47. The van der Waals surface area contributed by atoms with Gasteiger partial charge in [0.25, 0.3) is 0 Å². The van der Waals surface area contributed by atoms with E-state index in [2.05, 4.69) is 24.1 Å². The molecule has 0 bridgehead atoms. The Hall–Kier alpha value is -1.55. The molecule has 1 aromatic carbocycles. The van der Waals surface area contributed by atoms with Crippen molar-refractivity contribution in [1.29, 1.82) is 0 Å². The van der Waals surface area contributed by atoms with Crippen LogP contribution >= 0.6 is 0 Å². The number of carbonyl (C=O) groups excluding carboxylic acids is 1. The highest BCUT2D eigenvalue weighted by atomic mass is 16.1. The molecule has 1 aliphatic rings. The van der Waals surface area contributed by atoms with E-state index < -0.39 is 0 Å². The van der Waals surface area contributed by atoms with E-state index >= 15 is 0 Å². The zero-order chi connectivity index (χ0) is 15.2. The van der Waals surface area contributed by atoms with Crippen molar-refractivity contribution in [2.45, 2.75) is 33.1 Å². The highest BCUT2D eigenvalue weighted by molar-refractivity contribution is 5.91. The number of rotatable bonds is 5. The summed E-state index contributed by atoms with van der Waals surface area (Å²) >= 11 is 0. The van der Waals surface area contributed by atoms with Gasteiger partial charge >= 0.3 is 0 Å². The van der Waals surface area contributed by atoms with E-state index in [0.29, 0.717) is 12.1 Å². The second-order valence-electron chi connectivity index (χ2n) is 6.32. The Labute approximate surface area is 127 Å². The van der Waals surface area contributed by atoms with Gasteiger partial charge in [0, 0.05) is 24.3 Å². The average molecular weight is 289 g/mol. The number of hydrogen-bond donors (Lipinski definition) is 2. The first-order chi connectivity index (χ1) is 10.0. The summed E-state index contributed by atoms with van der Waals surface area (Å²) in [6.45, 7) is 8.01. The number of likely N-dealkylation sites (tertiary alicyclic amines) is 1. The minimum absolute atomic E-state index is 0.0685. The van der Waals surface area contributed by atoms with E-state index in [0.717, 1.165) is 37.0 Å². The van der Waals surface area contributed by atoms with Gasteiger partial charge in [-0.3, -0.25) is 4.79 Å². The zero-order valence-electron chi connectivity index (χ0n) is 13.1. The van der Waals surface area contributed by atoms with Gasteiger partial charge in [0.15, 0.2) is 0 Å². The molecule has 2 atom stereocenters. The van der Waals surface area contributed by atoms with E-state index in [1.807, 2.05) is 18.2 Å². The largest absolute Gasteiger partial charge is 0.399 e. The maximum atomic E-state index is 11.9. The van der Waals surface area contributed by atoms with Crippen LogP contribution in [0.15, 0.2) is 24.3 Å². The maximum absolute atomic E-state index is 11.9. The standard InChI is InChI=1S/C17H27N3O/c1-13-8-10-20(12-14(13)2)9-4-7-17(21)19-16-6-3-5-15(18)11-16/h3,5-6,11,13-14H,4,7-10,12,18H2,1-2H3,(H,19,21). The number of carbonyl (C=O) groups is 1. The van der Waals surface area contributed by atoms with Crippen LogP contribution in [0.3, 0.4) is 0 Å². The molecule has 2 unspecified atom stereocenters. The molecule has 0 radical (unpaired) electrons. The number of nitrogen functional groups attached to an aromatic ring is 1. The third kappa shape index (κ3) is 5.05. The Morgan fingerprint density at radius 1 is 1.38 bits per heavy atom. The van der Waals surface area contributed by atoms with Crippen LogP contribution in [-0.4, -0.2) is 30.4 Å². The smallest absolute Gasteiger partial charge is 0.224 e. The SMILES string of the molecule is CC1CCN(CCCC(=O)Nc2cccc(N)c2)CC1C. The summed E-state index contributed by atoms with van der Waals surface area (Å²) in [6.07, 6.45) is 2.75. The molecule has 0 spiro atoms. The molecular formula is C17H27N3O. The van der Waals surface area contributed by atoms with Crippen molar-refractivity contribution in [1.82, 2.24) is 4.90 Å². The van der Waals surface area contributed by atoms with Crippen molar-refractivity contribution in [3.05, 3.63) is 24.3 Å². The van der Waals surface area contributed by atoms with Crippen molar-refractivity contribution >= 4 is 17.3 Å². The van der Waals surface area contributed by atoms with Crippen molar-refractivity contribution < 1.29 is 4.79 Å².